The molecule has 1 aliphatic heterocycles. The monoisotopic (exact) mass is 612 g/mol. The van der Waals surface area contributed by atoms with Crippen LogP contribution < -0.4 is 29.1 Å². The molecule has 9 nitrogen and oxygen atoms in total. The molecule has 2 aromatic carbocycles. The van der Waals surface area contributed by atoms with Gasteiger partial charge in [0.1, 0.15) is 12.4 Å². The number of hydrogen-bond acceptors (Lipinski definition) is 9. The fourth-order valence-electron chi connectivity index (χ4n) is 4.15. The molecular formula is C28H25BrN2O7S. The molecule has 1 aliphatic rings. The van der Waals surface area contributed by atoms with E-state index in [0.717, 1.165) is 15.8 Å². The Kier molecular flexibility index (Phi) is 8.51. The molecule has 1 aromatic heterocycles. The van der Waals surface area contributed by atoms with Crippen molar-refractivity contribution in [2.45, 2.75) is 19.9 Å². The zero-order valence-corrected chi connectivity index (χ0v) is 24.1. The molecule has 0 N–H and O–H groups in total. The predicted molar refractivity (Wildman–Crippen MR) is 150 cm³/mol. The van der Waals surface area contributed by atoms with E-state index >= 15 is 0 Å². The Morgan fingerprint density at radius 1 is 1.13 bits per heavy atom. The number of hydrogen-bond donors (Lipinski definition) is 0. The van der Waals surface area contributed by atoms with Gasteiger partial charge in [0.15, 0.2) is 16.3 Å². The zero-order valence-electron chi connectivity index (χ0n) is 21.6. The van der Waals surface area contributed by atoms with Crippen molar-refractivity contribution >= 4 is 45.3 Å². The van der Waals surface area contributed by atoms with E-state index < -0.39 is 18.0 Å². The van der Waals surface area contributed by atoms with Gasteiger partial charge in [0.25, 0.3) is 5.56 Å². The van der Waals surface area contributed by atoms with E-state index in [1.807, 2.05) is 0 Å². The Balaban J connectivity index is 1.97. The van der Waals surface area contributed by atoms with E-state index in [9.17, 15) is 14.4 Å². The lowest BCUT2D eigenvalue weighted by molar-refractivity contribution is -0.138. The zero-order chi connectivity index (χ0) is 28.3. The van der Waals surface area contributed by atoms with E-state index in [1.54, 1.807) is 49.4 Å². The predicted octanol–water partition coefficient (Wildman–Crippen LogP) is 3.67. The number of halogens is 1. The number of fused-ring (bicyclic) bond motifs is 1. The van der Waals surface area contributed by atoms with Crippen molar-refractivity contribution in [3.05, 3.63) is 95.6 Å². The second-order valence-electron chi connectivity index (χ2n) is 8.36. The maximum absolute atomic E-state index is 13.9. The molecule has 0 aliphatic carbocycles. The number of carbonyl (C=O) groups excluding carboxylic acids is 2. The van der Waals surface area contributed by atoms with Gasteiger partial charge in [0.2, 0.25) is 0 Å². The maximum atomic E-state index is 13.9. The number of rotatable bonds is 8. The second-order valence-corrected chi connectivity index (χ2v) is 10.3. The van der Waals surface area contributed by atoms with Crippen LogP contribution in [0, 0.1) is 0 Å². The lowest BCUT2D eigenvalue weighted by Gasteiger charge is -2.25. The van der Waals surface area contributed by atoms with Gasteiger partial charge in [-0.15, -0.1) is 0 Å². The quantitative estimate of drug-likeness (QED) is 0.217. The van der Waals surface area contributed by atoms with Crippen molar-refractivity contribution in [2.24, 2.45) is 4.99 Å². The van der Waals surface area contributed by atoms with E-state index in [4.69, 9.17) is 18.9 Å². The Hall–Kier alpha value is -3.96. The number of benzene rings is 2. The average molecular weight is 613 g/mol. The summed E-state index contributed by atoms with van der Waals surface area (Å²) in [7, 11) is 3.03. The first-order chi connectivity index (χ1) is 18.7. The third-order valence-electron chi connectivity index (χ3n) is 5.81. The normalized spacial score (nSPS) is 14.8. The molecule has 0 saturated carbocycles. The van der Waals surface area contributed by atoms with Gasteiger partial charge in [-0.1, -0.05) is 46.0 Å². The number of esters is 2. The highest BCUT2D eigenvalue weighted by molar-refractivity contribution is 9.10. The number of ether oxygens (including phenoxy) is 4. The van der Waals surface area contributed by atoms with Crippen LogP contribution in [0.1, 0.15) is 31.0 Å². The van der Waals surface area contributed by atoms with Gasteiger partial charge in [-0.3, -0.25) is 14.2 Å². The third kappa shape index (κ3) is 5.74. The minimum absolute atomic E-state index is 0.000494. The molecule has 0 spiro atoms. The first-order valence-corrected chi connectivity index (χ1v) is 13.3. The molecule has 0 radical (unpaired) electrons. The number of nitrogens with zero attached hydrogens (tertiary/aromatic N) is 2. The Morgan fingerprint density at radius 3 is 2.51 bits per heavy atom. The van der Waals surface area contributed by atoms with Crippen molar-refractivity contribution in [1.82, 2.24) is 4.57 Å². The molecule has 1 atom stereocenters. The van der Waals surface area contributed by atoms with Gasteiger partial charge in [0.05, 0.1) is 36.1 Å². The summed E-state index contributed by atoms with van der Waals surface area (Å²) < 4.78 is 24.1. The molecule has 0 bridgehead atoms. The summed E-state index contributed by atoms with van der Waals surface area (Å²) >= 11 is 4.58. The van der Waals surface area contributed by atoms with E-state index in [2.05, 4.69) is 27.5 Å². The molecule has 0 fully saturated rings. The molecule has 11 heteroatoms. The van der Waals surface area contributed by atoms with Crippen LogP contribution in [0.5, 0.6) is 17.2 Å². The summed E-state index contributed by atoms with van der Waals surface area (Å²) in [6, 6.07) is 9.45. The first-order valence-electron chi connectivity index (χ1n) is 11.7. The lowest BCUT2D eigenvalue weighted by atomic mass is 9.95. The van der Waals surface area contributed by atoms with Crippen LogP contribution in [0.4, 0.5) is 0 Å². The van der Waals surface area contributed by atoms with E-state index in [1.165, 1.54) is 31.8 Å². The number of thiazole rings is 1. The summed E-state index contributed by atoms with van der Waals surface area (Å²) in [6.07, 6.45) is 3.10. The van der Waals surface area contributed by atoms with Crippen LogP contribution >= 0.6 is 27.3 Å². The average Bonchev–Trinajstić information content (AvgIpc) is 3.21. The SMILES string of the molecule is C=CCOC(=O)C1=C(C)N=c2s/c(=C\c3cc(Br)ccc3OC(C)=O)c(=O)n2C1c1ccc(OC)c(OC)c1. The topological polar surface area (TPSA) is 105 Å². The summed E-state index contributed by atoms with van der Waals surface area (Å²) in [4.78, 5) is 43.7. The molecule has 0 amide bonds. The number of methoxy groups -OCH3 is 2. The van der Waals surface area contributed by atoms with Crippen LogP contribution in [-0.2, 0) is 14.3 Å². The van der Waals surface area contributed by atoms with Gasteiger partial charge in [-0.05, 0) is 48.9 Å². The highest BCUT2D eigenvalue weighted by atomic mass is 79.9. The Bertz CT molecular complexity index is 1690. The summed E-state index contributed by atoms with van der Waals surface area (Å²) in [5.74, 6) is 0.135. The Morgan fingerprint density at radius 2 is 1.85 bits per heavy atom. The number of carbonyl (C=O) groups is 2. The fraction of sp³-hybridized carbons (Fsp3) is 0.214. The molecular weight excluding hydrogens is 588 g/mol. The standard InChI is InChI=1S/C28H25BrN2O7S/c1-6-11-37-27(34)24-15(2)30-28-31(25(24)17-7-9-21(35-4)22(13-17)36-5)26(33)23(39-28)14-18-12-19(29)8-10-20(18)38-16(3)32/h6-10,12-14,25H,1,11H2,2-5H3/b23-14-. The lowest BCUT2D eigenvalue weighted by Crippen LogP contribution is -2.40. The largest absolute Gasteiger partial charge is 0.493 e. The summed E-state index contributed by atoms with van der Waals surface area (Å²) in [6.45, 7) is 6.60. The van der Waals surface area contributed by atoms with Crippen LogP contribution in [0.3, 0.4) is 0 Å². The highest BCUT2D eigenvalue weighted by Gasteiger charge is 2.34. The van der Waals surface area contributed by atoms with Crippen molar-refractivity contribution in [3.63, 3.8) is 0 Å². The molecule has 39 heavy (non-hydrogen) atoms. The van der Waals surface area contributed by atoms with Crippen molar-refractivity contribution in [1.29, 1.82) is 0 Å². The molecule has 4 rings (SSSR count). The molecule has 202 valence electrons. The van der Waals surface area contributed by atoms with Gasteiger partial charge < -0.3 is 18.9 Å². The van der Waals surface area contributed by atoms with Crippen LogP contribution in [-0.4, -0.2) is 37.3 Å². The minimum atomic E-state index is -0.851. The van der Waals surface area contributed by atoms with Crippen LogP contribution in [0.25, 0.3) is 6.08 Å². The van der Waals surface area contributed by atoms with Crippen LogP contribution in [0.15, 0.2) is 74.6 Å². The van der Waals surface area contributed by atoms with Gasteiger partial charge >= 0.3 is 11.9 Å². The third-order valence-corrected chi connectivity index (χ3v) is 7.29. The summed E-state index contributed by atoms with van der Waals surface area (Å²) in [5.41, 5.74) is 1.37. The highest BCUT2D eigenvalue weighted by Crippen LogP contribution is 2.36. The van der Waals surface area contributed by atoms with Crippen LogP contribution in [0.2, 0.25) is 0 Å². The van der Waals surface area contributed by atoms with E-state index in [0.29, 0.717) is 43.4 Å². The smallest absolute Gasteiger partial charge is 0.338 e. The number of allylic oxidation sites excluding steroid dienone is 1. The molecule has 1 unspecified atom stereocenters. The molecule has 2 heterocycles. The van der Waals surface area contributed by atoms with Crippen molar-refractivity contribution in [3.8, 4) is 17.2 Å². The van der Waals surface area contributed by atoms with Gasteiger partial charge in [0, 0.05) is 17.0 Å². The van der Waals surface area contributed by atoms with Gasteiger partial charge in [-0.25, -0.2) is 9.79 Å². The van der Waals surface area contributed by atoms with Crippen molar-refractivity contribution in [2.75, 3.05) is 20.8 Å². The fourth-order valence-corrected chi connectivity index (χ4v) is 5.57. The second kappa shape index (κ2) is 11.8. The molecule has 0 saturated heterocycles. The minimum Gasteiger partial charge on any atom is -0.493 e. The van der Waals surface area contributed by atoms with Crippen molar-refractivity contribution < 1.29 is 28.5 Å². The first kappa shape index (κ1) is 28.1. The van der Waals surface area contributed by atoms with Gasteiger partial charge in [-0.2, -0.15) is 0 Å². The number of aromatic nitrogens is 1. The van der Waals surface area contributed by atoms with E-state index in [-0.39, 0.29) is 17.7 Å². The molecule has 3 aromatic rings. The summed E-state index contributed by atoms with van der Waals surface area (Å²) in [5, 5.41) is 0. The Labute approximate surface area is 236 Å². The maximum Gasteiger partial charge on any atom is 0.338 e.